The Labute approximate surface area is 216 Å². The first-order valence-electron chi connectivity index (χ1n) is 12.2. The summed E-state index contributed by atoms with van der Waals surface area (Å²) in [6.07, 6.45) is 1.22. The van der Waals surface area contributed by atoms with Crippen LogP contribution in [-0.2, 0) is 23.5 Å². The molecule has 37 heavy (non-hydrogen) atoms. The van der Waals surface area contributed by atoms with Gasteiger partial charge in [-0.2, -0.15) is 0 Å². The van der Waals surface area contributed by atoms with Gasteiger partial charge in [-0.05, 0) is 56.3 Å². The number of hydrogen-bond acceptors (Lipinski definition) is 7. The highest BCUT2D eigenvalue weighted by Crippen LogP contribution is 2.52. The third kappa shape index (κ3) is 5.05. The van der Waals surface area contributed by atoms with Gasteiger partial charge in [0.2, 0.25) is 5.91 Å². The van der Waals surface area contributed by atoms with E-state index in [0.717, 1.165) is 4.90 Å². The lowest BCUT2D eigenvalue weighted by Crippen LogP contribution is -2.64. The molecule has 0 radical (unpaired) electrons. The molecule has 1 aromatic rings. The Bertz CT molecular complexity index is 1160. The number of carbonyl (C=O) groups is 4. The number of cyclic esters (lactones) is 1. The molecule has 4 atom stereocenters. The predicted octanol–water partition coefficient (Wildman–Crippen LogP) is 3.11. The van der Waals surface area contributed by atoms with Crippen molar-refractivity contribution in [2.75, 3.05) is 19.8 Å². The van der Waals surface area contributed by atoms with Gasteiger partial charge in [-0.25, -0.2) is 14.5 Å². The average Bonchev–Trinajstić information content (AvgIpc) is 3.36. The lowest BCUT2D eigenvalue weighted by atomic mass is 9.74. The van der Waals surface area contributed by atoms with E-state index >= 15 is 0 Å². The van der Waals surface area contributed by atoms with E-state index < -0.39 is 32.2 Å². The molecule has 3 heterocycles. The zero-order valence-corrected chi connectivity index (χ0v) is 22.4. The molecule has 0 aliphatic carbocycles. The Hall–Kier alpha value is -3.44. The number of fused-ring (bicyclic) bond motifs is 1. The summed E-state index contributed by atoms with van der Waals surface area (Å²) in [6, 6.07) is 6.37. The van der Waals surface area contributed by atoms with E-state index in [0.29, 0.717) is 23.3 Å². The van der Waals surface area contributed by atoms with Crippen LogP contribution >= 0.6 is 0 Å². The van der Waals surface area contributed by atoms with E-state index in [2.05, 4.69) is 26.2 Å². The van der Waals surface area contributed by atoms with Crippen molar-refractivity contribution in [3.05, 3.63) is 48.2 Å². The minimum absolute atomic E-state index is 0.0188. The first kappa shape index (κ1) is 26.6. The van der Waals surface area contributed by atoms with Gasteiger partial charge >= 0.3 is 12.1 Å². The summed E-state index contributed by atoms with van der Waals surface area (Å²) < 4.78 is 16.5. The van der Waals surface area contributed by atoms with Crippen LogP contribution < -0.4 is 4.74 Å². The number of ether oxygens (including phenoxy) is 2. The molecule has 1 aromatic carbocycles. The van der Waals surface area contributed by atoms with Gasteiger partial charge in [0.15, 0.2) is 14.9 Å². The smallest absolute Gasteiger partial charge is 0.416 e. The molecule has 11 heteroatoms. The molecule has 3 amide bonds. The number of β-lactam (4-membered cyclic amide) rings is 1. The van der Waals surface area contributed by atoms with Crippen LogP contribution in [0.1, 0.15) is 18.9 Å². The Balaban J connectivity index is 1.57. The molecule has 2 fully saturated rings. The number of benzene rings is 1. The van der Waals surface area contributed by atoms with Gasteiger partial charge in [-0.15, -0.1) is 6.58 Å². The highest BCUT2D eigenvalue weighted by molar-refractivity contribution is 6.69. The minimum Gasteiger partial charge on any atom is -0.484 e. The summed E-state index contributed by atoms with van der Waals surface area (Å²) in [5, 5.41) is 10.1. The van der Waals surface area contributed by atoms with Crippen molar-refractivity contribution in [1.29, 1.82) is 0 Å². The number of carboxylic acids is 1. The van der Waals surface area contributed by atoms with Gasteiger partial charge in [0.25, 0.3) is 5.91 Å². The van der Waals surface area contributed by atoms with Crippen LogP contribution in [0.4, 0.5) is 4.79 Å². The van der Waals surface area contributed by atoms with E-state index in [1.165, 1.54) is 4.90 Å². The molecular formula is C26H32N2O8Si. The first-order chi connectivity index (χ1) is 17.4. The predicted molar refractivity (Wildman–Crippen MR) is 136 cm³/mol. The van der Waals surface area contributed by atoms with Gasteiger partial charge in [-0.1, -0.05) is 18.2 Å². The Morgan fingerprint density at radius 1 is 1.24 bits per heavy atom. The van der Waals surface area contributed by atoms with E-state index in [-0.39, 0.29) is 49.4 Å². The van der Waals surface area contributed by atoms with Gasteiger partial charge in [0.1, 0.15) is 18.1 Å². The molecule has 4 rings (SSSR count). The molecule has 3 aliphatic rings. The zero-order valence-electron chi connectivity index (χ0n) is 21.4. The first-order valence-corrected chi connectivity index (χ1v) is 15.6. The quantitative estimate of drug-likeness (QED) is 0.279. The SMILES string of the molecule is C=CCC1C(c2ccc(OCC(=O)N3CCOC3=O)cc2)=C(C(=O)O)N2C(=O)[C@H]([C@@H](C)O[Si](C)(C)C)[C@@H]12. The zero-order chi connectivity index (χ0) is 27.1. The number of nitrogens with zero attached hydrogens (tertiary/aromatic N) is 2. The molecule has 0 bridgehead atoms. The van der Waals surface area contributed by atoms with Gasteiger partial charge in [-0.3, -0.25) is 9.59 Å². The standard InChI is InChI=1S/C26H32N2O8Si/c1-6-7-18-21(16-8-10-17(11-9-16)35-14-19(29)27-12-13-34-26(27)33)23(25(31)32)28-22(18)20(24(28)30)15(2)36-37(3,4)5/h6,8-11,15,18,20,22H,1,7,12-14H2,2-5H3,(H,31,32)/t15-,18?,20-,22-/m1/s1. The third-order valence-corrected chi connectivity index (χ3v) is 7.80. The summed E-state index contributed by atoms with van der Waals surface area (Å²) in [7, 11) is -1.92. The molecule has 198 valence electrons. The monoisotopic (exact) mass is 528 g/mol. The lowest BCUT2D eigenvalue weighted by molar-refractivity contribution is -0.162. The van der Waals surface area contributed by atoms with E-state index in [1.54, 1.807) is 30.3 Å². The van der Waals surface area contributed by atoms with Crippen molar-refractivity contribution in [2.24, 2.45) is 11.8 Å². The molecule has 0 spiro atoms. The average molecular weight is 529 g/mol. The topological polar surface area (TPSA) is 123 Å². The minimum atomic E-state index is -1.92. The van der Waals surface area contributed by atoms with Crippen LogP contribution in [0.2, 0.25) is 19.6 Å². The van der Waals surface area contributed by atoms with E-state index in [4.69, 9.17) is 13.9 Å². The Morgan fingerprint density at radius 2 is 1.92 bits per heavy atom. The van der Waals surface area contributed by atoms with Gasteiger partial charge in [0.05, 0.1) is 24.6 Å². The number of aliphatic carboxylic acids is 1. The number of carbonyl (C=O) groups excluding carboxylic acids is 3. The molecule has 3 aliphatic heterocycles. The largest absolute Gasteiger partial charge is 0.484 e. The number of amides is 3. The normalized spacial score (nSPS) is 23.9. The molecule has 10 nitrogen and oxygen atoms in total. The van der Waals surface area contributed by atoms with Crippen molar-refractivity contribution < 1.29 is 38.2 Å². The van der Waals surface area contributed by atoms with Crippen molar-refractivity contribution in [3.8, 4) is 5.75 Å². The summed E-state index contributed by atoms with van der Waals surface area (Å²) in [5.41, 5.74) is 1.19. The number of rotatable bonds is 10. The number of allylic oxidation sites excluding steroid dienone is 1. The summed E-state index contributed by atoms with van der Waals surface area (Å²) >= 11 is 0. The molecular weight excluding hydrogens is 496 g/mol. The van der Waals surface area contributed by atoms with Crippen molar-refractivity contribution in [2.45, 2.75) is 45.1 Å². The maximum Gasteiger partial charge on any atom is 0.416 e. The molecule has 0 saturated carbocycles. The molecule has 0 aromatic heterocycles. The fraction of sp³-hybridized carbons (Fsp3) is 0.462. The third-order valence-electron chi connectivity index (χ3n) is 6.73. The Morgan fingerprint density at radius 3 is 2.46 bits per heavy atom. The van der Waals surface area contributed by atoms with Crippen molar-refractivity contribution in [3.63, 3.8) is 0 Å². The highest BCUT2D eigenvalue weighted by atomic mass is 28.4. The number of imide groups is 1. The van der Waals surface area contributed by atoms with Gasteiger partial charge in [0, 0.05) is 5.92 Å². The molecule has 1 unspecified atom stereocenters. The van der Waals surface area contributed by atoms with Crippen LogP contribution in [0, 0.1) is 11.8 Å². The maximum absolute atomic E-state index is 13.2. The second-order valence-electron chi connectivity index (χ2n) is 10.3. The lowest BCUT2D eigenvalue weighted by Gasteiger charge is -2.49. The second kappa shape index (κ2) is 10.1. The number of hydrogen-bond donors (Lipinski definition) is 1. The summed E-state index contributed by atoms with van der Waals surface area (Å²) in [6.45, 7) is 11.9. The van der Waals surface area contributed by atoms with Crippen LogP contribution in [0.5, 0.6) is 5.75 Å². The van der Waals surface area contributed by atoms with Crippen LogP contribution in [0.25, 0.3) is 5.57 Å². The van der Waals surface area contributed by atoms with Crippen LogP contribution in [0.15, 0.2) is 42.6 Å². The highest BCUT2D eigenvalue weighted by Gasteiger charge is 2.61. The summed E-state index contributed by atoms with van der Waals surface area (Å²) in [4.78, 5) is 51.7. The fourth-order valence-electron chi connectivity index (χ4n) is 5.39. The van der Waals surface area contributed by atoms with Crippen LogP contribution in [-0.4, -0.2) is 79.0 Å². The maximum atomic E-state index is 13.2. The van der Waals surface area contributed by atoms with Gasteiger partial charge < -0.3 is 23.9 Å². The van der Waals surface area contributed by atoms with Crippen molar-refractivity contribution >= 4 is 37.8 Å². The van der Waals surface area contributed by atoms with E-state index in [9.17, 15) is 24.3 Å². The second-order valence-corrected chi connectivity index (χ2v) is 14.8. The van der Waals surface area contributed by atoms with Crippen LogP contribution in [0.3, 0.4) is 0 Å². The Kier molecular flexibility index (Phi) is 7.29. The van der Waals surface area contributed by atoms with Crippen molar-refractivity contribution in [1.82, 2.24) is 9.80 Å². The summed E-state index contributed by atoms with van der Waals surface area (Å²) in [5.74, 6) is -2.22. The van der Waals surface area contributed by atoms with E-state index in [1.807, 2.05) is 6.92 Å². The molecule has 2 saturated heterocycles. The number of carboxylic acid groups (broad SMARTS) is 1. The molecule has 1 N–H and O–H groups in total. The fourth-order valence-corrected chi connectivity index (χ4v) is 6.65.